The number of nitrogen functional groups attached to an aromatic ring is 1. The number of nitrogens with one attached hydrogen (secondary N) is 1. The average molecular weight is 282 g/mol. The number of carbonyl (C=O) groups is 1. The van der Waals surface area contributed by atoms with Gasteiger partial charge in [-0.05, 0) is 24.5 Å². The topological polar surface area (TPSA) is 72.2 Å². The minimum atomic E-state index is -1.12. The van der Waals surface area contributed by atoms with Gasteiger partial charge in [0.1, 0.15) is 5.75 Å². The maximum atomic E-state index is 11.8. The lowest BCUT2D eigenvalue weighted by molar-refractivity contribution is -0.113. The number of anilines is 2. The minimum Gasteiger partial charge on any atom is -0.397 e. The van der Waals surface area contributed by atoms with Crippen LogP contribution in [0.1, 0.15) is 25.8 Å². The van der Waals surface area contributed by atoms with E-state index in [1.54, 1.807) is 6.07 Å². The van der Waals surface area contributed by atoms with Crippen molar-refractivity contribution in [2.45, 2.75) is 27.2 Å². The average Bonchev–Trinajstić information content (AvgIpc) is 2.33. The molecule has 0 radical (unpaired) electrons. The van der Waals surface area contributed by atoms with Gasteiger partial charge in [-0.25, -0.2) is 0 Å². The summed E-state index contributed by atoms with van der Waals surface area (Å²) < 4.78 is 11.8. The second-order valence-electron chi connectivity index (χ2n) is 4.85. The number of benzene rings is 1. The summed E-state index contributed by atoms with van der Waals surface area (Å²) in [4.78, 5) is 11.8. The molecule has 0 aromatic heterocycles. The Balaban J connectivity index is 2.58. The van der Waals surface area contributed by atoms with Gasteiger partial charge in [0.15, 0.2) is 0 Å². The highest BCUT2D eigenvalue weighted by atomic mass is 32.2. The fraction of sp³-hybridized carbons (Fsp3) is 0.500. The molecule has 19 heavy (non-hydrogen) atoms. The fourth-order valence-electron chi connectivity index (χ4n) is 1.68. The number of rotatable bonds is 6. The van der Waals surface area contributed by atoms with E-state index in [4.69, 9.17) is 5.73 Å². The smallest absolute Gasteiger partial charge is 0.237 e. The molecular weight excluding hydrogens is 260 g/mol. The number of nitrogens with two attached hydrogens (primary N) is 1. The maximum absolute atomic E-state index is 11.8. The Labute approximate surface area is 117 Å². The molecule has 0 aliphatic heterocycles. The third kappa shape index (κ3) is 5.03. The lowest BCUT2D eigenvalue weighted by Gasteiger charge is -2.12. The number of aryl methyl sites for hydroxylation is 1. The van der Waals surface area contributed by atoms with Crippen LogP contribution in [0.2, 0.25) is 0 Å². The zero-order valence-electron chi connectivity index (χ0n) is 11.7. The third-order valence-electron chi connectivity index (χ3n) is 3.03. The predicted octanol–water partition coefficient (Wildman–Crippen LogP) is 2.31. The molecule has 0 aliphatic rings. The van der Waals surface area contributed by atoms with Gasteiger partial charge < -0.3 is 11.1 Å². The van der Waals surface area contributed by atoms with Crippen LogP contribution < -0.4 is 11.1 Å². The molecule has 0 aliphatic carbocycles. The number of amides is 1. The summed E-state index contributed by atoms with van der Waals surface area (Å²) in [5.41, 5.74) is 7.86. The van der Waals surface area contributed by atoms with Crippen molar-refractivity contribution in [1.82, 2.24) is 0 Å². The van der Waals surface area contributed by atoms with E-state index in [9.17, 15) is 9.00 Å². The van der Waals surface area contributed by atoms with Crippen molar-refractivity contribution in [2.75, 3.05) is 22.6 Å². The molecule has 5 heteroatoms. The molecule has 0 spiro atoms. The van der Waals surface area contributed by atoms with E-state index in [0.29, 0.717) is 23.0 Å². The molecule has 3 N–H and O–H groups in total. The number of para-hydroxylation sites is 1. The van der Waals surface area contributed by atoms with Gasteiger partial charge in [-0.2, -0.15) is 0 Å². The summed E-state index contributed by atoms with van der Waals surface area (Å²) >= 11 is 0. The second-order valence-corrected chi connectivity index (χ2v) is 6.35. The Morgan fingerprint density at radius 3 is 2.74 bits per heavy atom. The molecule has 2 atom stereocenters. The molecule has 0 fully saturated rings. The molecule has 0 saturated heterocycles. The Morgan fingerprint density at radius 2 is 2.16 bits per heavy atom. The van der Waals surface area contributed by atoms with Crippen LogP contribution in [-0.2, 0) is 15.6 Å². The van der Waals surface area contributed by atoms with Crippen LogP contribution in [-0.4, -0.2) is 21.6 Å². The van der Waals surface area contributed by atoms with Crippen molar-refractivity contribution in [2.24, 2.45) is 5.92 Å². The predicted molar refractivity (Wildman–Crippen MR) is 81.6 cm³/mol. The van der Waals surface area contributed by atoms with Crippen molar-refractivity contribution >= 4 is 28.1 Å². The Bertz CT molecular complexity index is 454. The van der Waals surface area contributed by atoms with Gasteiger partial charge in [0.25, 0.3) is 0 Å². The van der Waals surface area contributed by atoms with Crippen LogP contribution in [0.3, 0.4) is 0 Å². The normalized spacial score (nSPS) is 13.8. The summed E-state index contributed by atoms with van der Waals surface area (Å²) in [6, 6.07) is 5.45. The standard InChI is InChI=1S/C14H22N2O2S/c1-4-10(2)8-19(18)9-13(17)16-14-11(3)6-5-7-12(14)15/h5-7,10H,4,8-9,15H2,1-3H3,(H,16,17). The molecular formula is C14H22N2O2S. The highest BCUT2D eigenvalue weighted by Gasteiger charge is 2.13. The van der Waals surface area contributed by atoms with Crippen LogP contribution in [0.25, 0.3) is 0 Å². The van der Waals surface area contributed by atoms with E-state index in [1.807, 2.05) is 26.0 Å². The van der Waals surface area contributed by atoms with E-state index >= 15 is 0 Å². The molecule has 0 saturated carbocycles. The van der Waals surface area contributed by atoms with Crippen molar-refractivity contribution < 1.29 is 9.00 Å². The van der Waals surface area contributed by atoms with Gasteiger partial charge in [0.05, 0.1) is 11.4 Å². The number of carbonyl (C=O) groups excluding carboxylic acids is 1. The van der Waals surface area contributed by atoms with Gasteiger partial charge in [-0.15, -0.1) is 0 Å². The van der Waals surface area contributed by atoms with Crippen molar-refractivity contribution in [3.05, 3.63) is 23.8 Å². The van der Waals surface area contributed by atoms with Crippen LogP contribution in [0.15, 0.2) is 18.2 Å². The summed E-state index contributed by atoms with van der Waals surface area (Å²) in [6.07, 6.45) is 0.970. The van der Waals surface area contributed by atoms with Gasteiger partial charge in [0.2, 0.25) is 5.91 Å². The molecule has 0 heterocycles. The SMILES string of the molecule is CCC(C)CS(=O)CC(=O)Nc1c(C)cccc1N. The van der Waals surface area contributed by atoms with Crippen molar-refractivity contribution in [3.8, 4) is 0 Å². The minimum absolute atomic E-state index is 0.0259. The van der Waals surface area contributed by atoms with Crippen LogP contribution >= 0.6 is 0 Å². The van der Waals surface area contributed by atoms with Crippen LogP contribution in [0.5, 0.6) is 0 Å². The summed E-state index contributed by atoms with van der Waals surface area (Å²) in [6.45, 7) is 5.97. The zero-order chi connectivity index (χ0) is 14.4. The molecule has 4 nitrogen and oxygen atoms in total. The van der Waals surface area contributed by atoms with Gasteiger partial charge >= 0.3 is 0 Å². The quantitative estimate of drug-likeness (QED) is 0.786. The monoisotopic (exact) mass is 282 g/mol. The van der Waals surface area contributed by atoms with Gasteiger partial charge in [-0.3, -0.25) is 9.00 Å². The summed E-state index contributed by atoms with van der Waals surface area (Å²) in [5.74, 6) is 0.713. The first kappa shape index (κ1) is 15.7. The molecule has 0 bridgehead atoms. The lowest BCUT2D eigenvalue weighted by atomic mass is 10.1. The first-order valence-corrected chi connectivity index (χ1v) is 7.92. The molecule has 1 amide bonds. The first-order valence-electron chi connectivity index (χ1n) is 6.44. The van der Waals surface area contributed by atoms with E-state index in [2.05, 4.69) is 12.2 Å². The van der Waals surface area contributed by atoms with E-state index in [0.717, 1.165) is 12.0 Å². The second kappa shape index (κ2) is 7.28. The molecule has 2 unspecified atom stereocenters. The molecule has 1 aromatic rings. The maximum Gasteiger partial charge on any atom is 0.237 e. The highest BCUT2D eigenvalue weighted by molar-refractivity contribution is 7.85. The van der Waals surface area contributed by atoms with E-state index in [1.165, 1.54) is 0 Å². The van der Waals surface area contributed by atoms with Gasteiger partial charge in [0, 0.05) is 16.6 Å². The van der Waals surface area contributed by atoms with Gasteiger partial charge in [-0.1, -0.05) is 32.4 Å². The lowest BCUT2D eigenvalue weighted by Crippen LogP contribution is -2.23. The Hall–Kier alpha value is -1.36. The number of hydrogen-bond acceptors (Lipinski definition) is 3. The van der Waals surface area contributed by atoms with Crippen LogP contribution in [0.4, 0.5) is 11.4 Å². The number of hydrogen-bond donors (Lipinski definition) is 2. The fourth-order valence-corrected chi connectivity index (χ4v) is 3.03. The van der Waals surface area contributed by atoms with Crippen LogP contribution in [0, 0.1) is 12.8 Å². The Kier molecular flexibility index (Phi) is 6.02. The molecule has 1 aromatic carbocycles. The van der Waals surface area contributed by atoms with E-state index in [-0.39, 0.29) is 11.7 Å². The first-order chi connectivity index (χ1) is 8.93. The van der Waals surface area contributed by atoms with E-state index < -0.39 is 10.8 Å². The van der Waals surface area contributed by atoms with Crippen molar-refractivity contribution in [3.63, 3.8) is 0 Å². The summed E-state index contributed by atoms with van der Waals surface area (Å²) in [5, 5.41) is 2.74. The van der Waals surface area contributed by atoms with Crippen molar-refractivity contribution in [1.29, 1.82) is 0 Å². The summed E-state index contributed by atoms with van der Waals surface area (Å²) in [7, 11) is -1.12. The largest absolute Gasteiger partial charge is 0.397 e. The zero-order valence-corrected chi connectivity index (χ0v) is 12.5. The third-order valence-corrected chi connectivity index (χ3v) is 4.55. The molecule has 1 rings (SSSR count). The highest BCUT2D eigenvalue weighted by Crippen LogP contribution is 2.22. The Morgan fingerprint density at radius 1 is 1.47 bits per heavy atom. The molecule has 106 valence electrons.